The topological polar surface area (TPSA) is 30.2 Å². The Labute approximate surface area is 128 Å². The van der Waals surface area contributed by atoms with Crippen LogP contribution in [0.3, 0.4) is 0 Å². The van der Waals surface area contributed by atoms with E-state index < -0.39 is 7.65 Å². The van der Waals surface area contributed by atoms with E-state index in [1.165, 1.54) is 5.56 Å². The Morgan fingerprint density at radius 2 is 1.55 bits per heavy atom. The molecule has 0 radical (unpaired) electrons. The smallest absolute Gasteiger partial charge is 0.250 e. The molecule has 106 valence electrons. The number of rotatable bonds is 2. The van der Waals surface area contributed by atoms with Crippen LogP contribution in [0.4, 0.5) is 0 Å². The third-order valence-electron chi connectivity index (χ3n) is 3.87. The zero-order valence-electron chi connectivity index (χ0n) is 11.9. The molecule has 2 nitrogen and oxygen atoms in total. The summed E-state index contributed by atoms with van der Waals surface area (Å²) in [5.41, 5.74) is 3.13. The Bertz CT molecular complexity index is 1020. The monoisotopic (exact) mass is 305 g/mol. The van der Waals surface area contributed by atoms with Gasteiger partial charge in [-0.2, -0.15) is 0 Å². The largest absolute Gasteiger partial charge is 0.597 e. The molecule has 0 aliphatic heterocycles. The summed E-state index contributed by atoms with van der Waals surface area (Å²) >= 11 is 0. The molecule has 1 unspecified atom stereocenters. The van der Waals surface area contributed by atoms with Gasteiger partial charge in [0.25, 0.3) is 0 Å². The lowest BCUT2D eigenvalue weighted by Crippen LogP contribution is -1.87. The Hall–Kier alpha value is -2.44. The van der Waals surface area contributed by atoms with Gasteiger partial charge in [-0.1, -0.05) is 48.5 Å². The Morgan fingerprint density at radius 1 is 0.773 bits per heavy atom. The molecular weight excluding hydrogens is 291 g/mol. The molecule has 4 aromatic rings. The van der Waals surface area contributed by atoms with Gasteiger partial charge in [-0.05, 0) is 46.4 Å². The van der Waals surface area contributed by atoms with Crippen molar-refractivity contribution in [1.82, 2.24) is 0 Å². The molecule has 0 saturated heterocycles. The fourth-order valence-corrected chi connectivity index (χ4v) is 3.83. The van der Waals surface area contributed by atoms with Gasteiger partial charge < -0.3 is 0 Å². The average Bonchev–Trinajstić information content (AvgIpc) is 2.56. The molecule has 0 N–H and O–H groups in total. The molecule has 1 aromatic heterocycles. The zero-order valence-corrected chi connectivity index (χ0v) is 12.8. The van der Waals surface area contributed by atoms with E-state index in [1.54, 1.807) is 0 Å². The van der Waals surface area contributed by atoms with E-state index in [0.717, 1.165) is 27.9 Å². The molecule has 0 amide bonds. The average molecular weight is 305 g/mol. The van der Waals surface area contributed by atoms with Crippen molar-refractivity contribution in [2.75, 3.05) is 0 Å². The second kappa shape index (κ2) is 5.40. The quantitative estimate of drug-likeness (QED) is 0.430. The van der Waals surface area contributed by atoms with E-state index in [2.05, 4.69) is 24.3 Å². The van der Waals surface area contributed by atoms with E-state index in [-0.39, 0.29) is 0 Å². The molecule has 0 aliphatic carbocycles. The summed E-state index contributed by atoms with van der Waals surface area (Å²) in [6.45, 7) is 0. The third kappa shape index (κ3) is 2.32. The van der Waals surface area contributed by atoms with Crippen molar-refractivity contribution in [3.8, 4) is 0 Å². The van der Waals surface area contributed by atoms with Gasteiger partial charge in [-0.15, -0.1) is 0 Å². The normalized spacial score (nSPS) is 11.9. The molecule has 0 bridgehead atoms. The van der Waals surface area contributed by atoms with Crippen LogP contribution < -0.4 is 0 Å². The molecule has 0 aliphatic rings. The number of benzene rings is 3. The van der Waals surface area contributed by atoms with Crippen molar-refractivity contribution in [3.63, 3.8) is 0 Å². The first-order chi connectivity index (χ1) is 10.8. The fraction of sp³-hybridized carbons (Fsp3) is 0.0526. The molecule has 4 rings (SSSR count). The van der Waals surface area contributed by atoms with Crippen LogP contribution in [0.1, 0.15) is 11.1 Å². The van der Waals surface area contributed by atoms with Crippen LogP contribution in [0.2, 0.25) is 0 Å². The summed E-state index contributed by atoms with van der Waals surface area (Å²) in [4.78, 5) is 0. The van der Waals surface area contributed by atoms with Crippen LogP contribution in [0, 0.1) is 0 Å². The second-order valence-electron chi connectivity index (χ2n) is 5.36. The van der Waals surface area contributed by atoms with Crippen molar-refractivity contribution < 1.29 is 8.76 Å². The van der Waals surface area contributed by atoms with Crippen LogP contribution in [0.15, 0.2) is 77.0 Å². The molecule has 1 atom stereocenters. The van der Waals surface area contributed by atoms with E-state index in [0.29, 0.717) is 5.58 Å². The minimum Gasteiger partial charge on any atom is -0.250 e. The SMILES string of the molecule is O=[p+]1oc2cc(Cc3ccccc3)ccc2c2ccccc21. The van der Waals surface area contributed by atoms with Gasteiger partial charge in [0.2, 0.25) is 5.12 Å². The lowest BCUT2D eigenvalue weighted by Gasteiger charge is -2.03. The Kier molecular flexibility index (Phi) is 3.25. The molecule has 3 aromatic carbocycles. The molecule has 1 heterocycles. The fourth-order valence-electron chi connectivity index (χ4n) is 2.81. The highest BCUT2D eigenvalue weighted by atomic mass is 31.1. The van der Waals surface area contributed by atoms with E-state index in [4.69, 9.17) is 4.20 Å². The maximum Gasteiger partial charge on any atom is 0.597 e. The van der Waals surface area contributed by atoms with Crippen molar-refractivity contribution in [1.29, 1.82) is 0 Å². The minimum atomic E-state index is -1.82. The van der Waals surface area contributed by atoms with Crippen molar-refractivity contribution in [2.45, 2.75) is 6.42 Å². The molecule has 3 heteroatoms. The van der Waals surface area contributed by atoms with E-state index in [9.17, 15) is 4.57 Å². The van der Waals surface area contributed by atoms with Gasteiger partial charge in [0.05, 0.1) is 0 Å². The lowest BCUT2D eigenvalue weighted by atomic mass is 10.0. The van der Waals surface area contributed by atoms with Crippen LogP contribution in [-0.4, -0.2) is 0 Å². The minimum absolute atomic E-state index is 0.716. The Balaban J connectivity index is 1.88. The second-order valence-corrected chi connectivity index (χ2v) is 6.54. The predicted octanol–water partition coefficient (Wildman–Crippen LogP) is 5.92. The first-order valence-electron chi connectivity index (χ1n) is 7.23. The standard InChI is InChI=1S/C19H14O2P/c20-22-19-9-5-4-8-17(19)16-11-10-15(13-18(16)21-22)12-14-6-2-1-3-7-14/h1-11,13H,12H2/q+1. The summed E-state index contributed by atoms with van der Waals surface area (Å²) in [5.74, 6) is 0. The molecular formula is C19H14O2P+. The first-order valence-corrected chi connectivity index (χ1v) is 8.40. The summed E-state index contributed by atoms with van der Waals surface area (Å²) < 4.78 is 17.9. The van der Waals surface area contributed by atoms with Gasteiger partial charge in [0.1, 0.15) is 0 Å². The molecule has 0 saturated carbocycles. The van der Waals surface area contributed by atoms with E-state index in [1.807, 2.05) is 48.5 Å². The van der Waals surface area contributed by atoms with E-state index >= 15 is 0 Å². The van der Waals surface area contributed by atoms with Gasteiger partial charge in [-0.3, -0.25) is 0 Å². The van der Waals surface area contributed by atoms with Crippen LogP contribution in [0.5, 0.6) is 0 Å². The van der Waals surface area contributed by atoms with Crippen molar-refractivity contribution in [3.05, 3.63) is 83.9 Å². The van der Waals surface area contributed by atoms with Gasteiger partial charge in [-0.25, -0.2) is 4.20 Å². The van der Waals surface area contributed by atoms with Crippen LogP contribution in [0.25, 0.3) is 21.5 Å². The lowest BCUT2D eigenvalue weighted by molar-refractivity contribution is 0.563. The highest BCUT2D eigenvalue weighted by molar-refractivity contribution is 7.37. The highest BCUT2D eigenvalue weighted by Gasteiger charge is 2.16. The van der Waals surface area contributed by atoms with Gasteiger partial charge in [0.15, 0.2) is 5.58 Å². The first kappa shape index (κ1) is 13.2. The summed E-state index contributed by atoms with van der Waals surface area (Å²) in [5, 5.41) is 2.80. The third-order valence-corrected chi connectivity index (χ3v) is 5.02. The Morgan fingerprint density at radius 3 is 2.41 bits per heavy atom. The summed E-state index contributed by atoms with van der Waals surface area (Å²) in [7, 11) is -1.82. The predicted molar refractivity (Wildman–Crippen MR) is 90.6 cm³/mol. The summed E-state index contributed by atoms with van der Waals surface area (Å²) in [6.07, 6.45) is 0.843. The maximum absolute atomic E-state index is 12.2. The maximum atomic E-state index is 12.2. The number of fused-ring (bicyclic) bond motifs is 3. The van der Waals surface area contributed by atoms with Crippen LogP contribution in [-0.2, 0) is 11.0 Å². The number of hydrogen-bond acceptors (Lipinski definition) is 2. The summed E-state index contributed by atoms with van der Waals surface area (Å²) in [6, 6.07) is 24.2. The zero-order chi connectivity index (χ0) is 14.9. The molecule has 0 spiro atoms. The molecule has 22 heavy (non-hydrogen) atoms. The number of hydrogen-bond donors (Lipinski definition) is 0. The molecule has 0 fully saturated rings. The van der Waals surface area contributed by atoms with Crippen molar-refractivity contribution in [2.24, 2.45) is 0 Å². The highest BCUT2D eigenvalue weighted by Crippen LogP contribution is 2.35. The van der Waals surface area contributed by atoms with Gasteiger partial charge in [0, 0.05) is 10.8 Å². The van der Waals surface area contributed by atoms with Crippen LogP contribution >= 0.6 is 7.65 Å². The van der Waals surface area contributed by atoms with Crippen molar-refractivity contribution >= 4 is 29.1 Å². The van der Waals surface area contributed by atoms with Gasteiger partial charge >= 0.3 is 7.65 Å².